The molecule has 4 rings (SSSR count). The minimum atomic E-state index is -2.00. The van der Waals surface area contributed by atoms with Crippen molar-refractivity contribution < 1.29 is 18.8 Å². The number of benzene rings is 2. The molecule has 0 unspecified atom stereocenters. The van der Waals surface area contributed by atoms with E-state index < -0.39 is 14.4 Å². The Morgan fingerprint density at radius 2 is 1.70 bits per heavy atom. The Kier molecular flexibility index (Phi) is 7.48. The first-order valence-electron chi connectivity index (χ1n) is 11.6. The topological polar surface area (TPSA) is 48.0 Å². The third-order valence-corrected chi connectivity index (χ3v) is 12.7. The molecule has 2 fully saturated rings. The van der Waals surface area contributed by atoms with Crippen LogP contribution in [-0.2, 0) is 25.3 Å². The number of fused-ring (bicyclic) bond motifs is 2. The molecule has 2 aromatic carbocycles. The lowest BCUT2D eigenvalue weighted by atomic mass is 9.90. The fourth-order valence-corrected chi connectivity index (χ4v) is 6.08. The van der Waals surface area contributed by atoms with Crippen LogP contribution in [0, 0.1) is 5.92 Å². The van der Waals surface area contributed by atoms with Gasteiger partial charge in [-0.15, -0.1) is 0 Å². The summed E-state index contributed by atoms with van der Waals surface area (Å²) in [6.45, 7) is 12.4. The van der Waals surface area contributed by atoms with Gasteiger partial charge in [0.2, 0.25) is 0 Å². The van der Waals surface area contributed by atoms with Gasteiger partial charge < -0.3 is 9.16 Å². The molecule has 178 valence electrons. The summed E-state index contributed by atoms with van der Waals surface area (Å²) in [5, 5.41) is 1.90. The predicted molar refractivity (Wildman–Crippen MR) is 134 cm³/mol. The fourth-order valence-electron chi connectivity index (χ4n) is 3.91. The zero-order valence-electron chi connectivity index (χ0n) is 20.2. The molecule has 2 saturated heterocycles. The number of rotatable bonds is 7. The number of thioether (sulfide) groups is 1. The van der Waals surface area contributed by atoms with Crippen LogP contribution in [0.15, 0.2) is 65.6 Å². The summed E-state index contributed by atoms with van der Waals surface area (Å²) in [7, 11) is -2.00. The molecular formula is C26H35NO4SSi. The predicted octanol–water partition coefficient (Wildman–Crippen LogP) is 5.53. The lowest BCUT2D eigenvalue weighted by Crippen LogP contribution is -2.64. The molecular weight excluding hydrogens is 450 g/mol. The average molecular weight is 486 g/mol. The summed E-state index contributed by atoms with van der Waals surface area (Å²) in [6.07, 6.45) is -0.381. The van der Waals surface area contributed by atoms with Gasteiger partial charge in [0.15, 0.2) is 14.1 Å². The summed E-state index contributed by atoms with van der Waals surface area (Å²) in [6, 6.07) is 19.8. The van der Waals surface area contributed by atoms with Crippen LogP contribution in [0.4, 0.5) is 0 Å². The molecule has 2 aliphatic heterocycles. The molecule has 0 aromatic heterocycles. The molecule has 2 bridgehead atoms. The normalized spacial score (nSPS) is 26.4. The molecule has 0 spiro atoms. The van der Waals surface area contributed by atoms with Gasteiger partial charge in [0, 0.05) is 4.90 Å². The smallest absolute Gasteiger partial charge is 0.192 e. The first kappa shape index (κ1) is 24.6. The molecule has 2 heterocycles. The first-order valence-corrected chi connectivity index (χ1v) is 15.4. The van der Waals surface area contributed by atoms with Crippen molar-refractivity contribution in [3.63, 3.8) is 0 Å². The first-order chi connectivity index (χ1) is 15.7. The van der Waals surface area contributed by atoms with Crippen molar-refractivity contribution in [2.45, 2.75) is 67.9 Å². The number of hydroxylamine groups is 2. The van der Waals surface area contributed by atoms with Crippen LogP contribution in [0.5, 0.6) is 0 Å². The number of Topliss-reactive ketones (excluding diaryl/α,β-unsaturated/α-hetero) is 1. The van der Waals surface area contributed by atoms with E-state index in [0.717, 1.165) is 10.5 Å². The van der Waals surface area contributed by atoms with Gasteiger partial charge in [-0.25, -0.2) is 0 Å². The molecule has 33 heavy (non-hydrogen) atoms. The van der Waals surface area contributed by atoms with Crippen LogP contribution in [-0.4, -0.2) is 50.0 Å². The highest BCUT2D eigenvalue weighted by molar-refractivity contribution is 7.99. The fraction of sp³-hybridized carbons (Fsp3) is 0.500. The Balaban J connectivity index is 1.56. The van der Waals surface area contributed by atoms with Crippen LogP contribution in [0.25, 0.3) is 0 Å². The molecule has 0 radical (unpaired) electrons. The van der Waals surface area contributed by atoms with Crippen molar-refractivity contribution in [2.24, 2.45) is 5.92 Å². The van der Waals surface area contributed by atoms with Crippen molar-refractivity contribution in [2.75, 3.05) is 13.2 Å². The highest BCUT2D eigenvalue weighted by Gasteiger charge is 2.52. The molecule has 2 aliphatic rings. The number of hydrogen-bond acceptors (Lipinski definition) is 6. The van der Waals surface area contributed by atoms with Crippen LogP contribution in [0.1, 0.15) is 26.3 Å². The van der Waals surface area contributed by atoms with E-state index in [9.17, 15) is 4.79 Å². The van der Waals surface area contributed by atoms with E-state index in [-0.39, 0.29) is 28.3 Å². The molecule has 0 amide bonds. The van der Waals surface area contributed by atoms with E-state index >= 15 is 0 Å². The standard InChI is InChI=1S/C26H35NO4SSi/c1-26(2,3)33(4,5)30-18-22-23-24(28)21(25(31-22)32-20-14-10-7-11-15-20)17-29-27(23)16-19-12-8-6-9-13-19/h6-15,21-23,25H,16-18H2,1-5H3/t21-,22+,23-,25-/m0/s1. The Hall–Kier alpha value is -1.48. The lowest BCUT2D eigenvalue weighted by Gasteiger charge is -2.48. The van der Waals surface area contributed by atoms with E-state index in [4.69, 9.17) is 14.0 Å². The van der Waals surface area contributed by atoms with Crippen molar-refractivity contribution in [3.8, 4) is 0 Å². The van der Waals surface area contributed by atoms with Gasteiger partial charge in [-0.2, -0.15) is 5.06 Å². The van der Waals surface area contributed by atoms with Gasteiger partial charge in [-0.05, 0) is 35.8 Å². The van der Waals surface area contributed by atoms with E-state index in [0.29, 0.717) is 19.8 Å². The Labute approximate surface area is 202 Å². The Bertz CT molecular complexity index is 895. The maximum absolute atomic E-state index is 13.7. The number of ether oxygens (including phenoxy) is 1. The van der Waals surface area contributed by atoms with E-state index in [1.54, 1.807) is 11.8 Å². The quantitative estimate of drug-likeness (QED) is 0.481. The Morgan fingerprint density at radius 1 is 1.06 bits per heavy atom. The largest absolute Gasteiger partial charge is 0.414 e. The SMILES string of the molecule is CC(C)(C)[Si](C)(C)OC[C@H]1O[C@@H](Sc2ccccc2)[C@H]2CON(Cc3ccccc3)[C@@H]1C2=O. The second-order valence-corrected chi connectivity index (χ2v) is 16.3. The van der Waals surface area contributed by atoms with Crippen LogP contribution in [0.3, 0.4) is 0 Å². The monoisotopic (exact) mass is 485 g/mol. The van der Waals surface area contributed by atoms with Crippen LogP contribution >= 0.6 is 11.8 Å². The zero-order valence-corrected chi connectivity index (χ0v) is 22.0. The second-order valence-electron chi connectivity index (χ2n) is 10.4. The highest BCUT2D eigenvalue weighted by atomic mass is 32.2. The summed E-state index contributed by atoms with van der Waals surface area (Å²) < 4.78 is 13.2. The molecule has 4 atom stereocenters. The minimum absolute atomic E-state index is 0.0825. The summed E-state index contributed by atoms with van der Waals surface area (Å²) >= 11 is 1.60. The summed E-state index contributed by atoms with van der Waals surface area (Å²) in [4.78, 5) is 21.0. The van der Waals surface area contributed by atoms with Crippen molar-refractivity contribution >= 4 is 25.9 Å². The van der Waals surface area contributed by atoms with Crippen LogP contribution in [0.2, 0.25) is 18.1 Å². The van der Waals surface area contributed by atoms with E-state index in [1.165, 1.54) is 0 Å². The molecule has 0 saturated carbocycles. The molecule has 2 aromatic rings. The number of carbonyl (C=O) groups excluding carboxylic acids is 1. The van der Waals surface area contributed by atoms with Gasteiger partial charge >= 0.3 is 0 Å². The number of nitrogens with zero attached hydrogens (tertiary/aromatic N) is 1. The minimum Gasteiger partial charge on any atom is -0.414 e. The summed E-state index contributed by atoms with van der Waals surface area (Å²) in [5.74, 6) is -0.1000. The van der Waals surface area contributed by atoms with Crippen molar-refractivity contribution in [3.05, 3.63) is 66.2 Å². The third-order valence-electron chi connectivity index (χ3n) is 6.97. The molecule has 0 aliphatic carbocycles. The number of carbonyl (C=O) groups is 1. The van der Waals surface area contributed by atoms with Gasteiger partial charge in [-0.1, -0.05) is 81.1 Å². The van der Waals surface area contributed by atoms with Gasteiger partial charge in [0.25, 0.3) is 0 Å². The maximum Gasteiger partial charge on any atom is 0.192 e. The number of hydrogen-bond donors (Lipinski definition) is 0. The average Bonchev–Trinajstić information content (AvgIpc) is 2.76. The van der Waals surface area contributed by atoms with Crippen molar-refractivity contribution in [1.29, 1.82) is 0 Å². The Morgan fingerprint density at radius 3 is 2.33 bits per heavy atom. The zero-order chi connectivity index (χ0) is 23.6. The lowest BCUT2D eigenvalue weighted by molar-refractivity contribution is -0.271. The van der Waals surface area contributed by atoms with E-state index in [2.05, 4.69) is 58.1 Å². The second kappa shape index (κ2) is 10.0. The van der Waals surface area contributed by atoms with Crippen LogP contribution < -0.4 is 0 Å². The molecule has 7 heteroatoms. The van der Waals surface area contributed by atoms with Crippen molar-refractivity contribution in [1.82, 2.24) is 5.06 Å². The molecule has 0 N–H and O–H groups in total. The summed E-state index contributed by atoms with van der Waals surface area (Å²) in [5.41, 5.74) is 0.816. The third kappa shape index (κ3) is 5.61. The molecule has 5 nitrogen and oxygen atoms in total. The maximum atomic E-state index is 13.7. The number of ketones is 1. The van der Waals surface area contributed by atoms with Gasteiger partial charge in [0.1, 0.15) is 17.6 Å². The van der Waals surface area contributed by atoms with Gasteiger partial charge in [0.05, 0.1) is 25.7 Å². The highest BCUT2D eigenvalue weighted by Crippen LogP contribution is 2.41. The van der Waals surface area contributed by atoms with Gasteiger partial charge in [-0.3, -0.25) is 9.63 Å². The van der Waals surface area contributed by atoms with E-state index in [1.807, 2.05) is 41.5 Å².